The van der Waals surface area contributed by atoms with Crippen LogP contribution in [0.1, 0.15) is 18.1 Å². The molecule has 2 aromatic carbocycles. The van der Waals surface area contributed by atoms with Gasteiger partial charge in [0, 0.05) is 4.91 Å². The Labute approximate surface area is 181 Å². The van der Waals surface area contributed by atoms with Crippen LogP contribution < -0.4 is 0 Å². The summed E-state index contributed by atoms with van der Waals surface area (Å²) >= 11 is 1.53. The van der Waals surface area contributed by atoms with Gasteiger partial charge in [-0.1, -0.05) is 72.7 Å². The van der Waals surface area contributed by atoms with E-state index in [-0.39, 0.29) is 6.61 Å². The Morgan fingerprint density at radius 2 is 1.70 bits per heavy atom. The Kier molecular flexibility index (Phi) is 9.01. The molecule has 160 valence electrons. The van der Waals surface area contributed by atoms with E-state index in [1.165, 1.54) is 11.8 Å². The minimum absolute atomic E-state index is 0.213. The van der Waals surface area contributed by atoms with Crippen LogP contribution >= 0.6 is 11.8 Å². The van der Waals surface area contributed by atoms with E-state index in [0.29, 0.717) is 13.2 Å². The predicted octanol–water partition coefficient (Wildman–Crippen LogP) is 4.31. The van der Waals surface area contributed by atoms with Crippen LogP contribution in [0, 0.1) is 0 Å². The van der Waals surface area contributed by atoms with Gasteiger partial charge in [-0.25, -0.2) is 0 Å². The Morgan fingerprint density at radius 1 is 1.07 bits per heavy atom. The highest BCUT2D eigenvalue weighted by atomic mass is 32.2. The fourth-order valence-electron chi connectivity index (χ4n) is 3.35. The SMILES string of the molecule is CCS[C@@H]1O[C@H](COCc2ccccc2)[C@@H](O)[C@H](OCc2ccccc2)[C@@H]1N=[N+]=[N-]. The number of azide groups is 1. The van der Waals surface area contributed by atoms with Crippen molar-refractivity contribution in [2.45, 2.75) is 49.9 Å². The zero-order chi connectivity index (χ0) is 21.2. The number of nitrogens with zero attached hydrogens (tertiary/aromatic N) is 3. The molecular formula is C22H27N3O4S. The number of rotatable bonds is 10. The topological polar surface area (TPSA) is 96.7 Å². The van der Waals surface area contributed by atoms with Crippen LogP contribution in [0.5, 0.6) is 0 Å². The van der Waals surface area contributed by atoms with Gasteiger partial charge in [-0.05, 0) is 22.4 Å². The first-order chi connectivity index (χ1) is 14.7. The maximum Gasteiger partial charge on any atom is 0.114 e. The van der Waals surface area contributed by atoms with Crippen molar-refractivity contribution in [3.8, 4) is 0 Å². The number of hydrogen-bond acceptors (Lipinski definition) is 6. The highest BCUT2D eigenvalue weighted by Crippen LogP contribution is 2.33. The predicted molar refractivity (Wildman–Crippen MR) is 117 cm³/mol. The van der Waals surface area contributed by atoms with Crippen molar-refractivity contribution in [1.82, 2.24) is 0 Å². The highest BCUT2D eigenvalue weighted by Gasteiger charge is 2.45. The lowest BCUT2D eigenvalue weighted by Crippen LogP contribution is -2.58. The molecule has 1 aliphatic heterocycles. The van der Waals surface area contributed by atoms with E-state index in [2.05, 4.69) is 10.0 Å². The summed E-state index contributed by atoms with van der Waals surface area (Å²) in [6.45, 7) is 2.95. The first kappa shape index (κ1) is 22.6. The lowest BCUT2D eigenvalue weighted by molar-refractivity contribution is -0.190. The maximum atomic E-state index is 11.0. The van der Waals surface area contributed by atoms with E-state index in [9.17, 15) is 5.11 Å². The van der Waals surface area contributed by atoms with Gasteiger partial charge in [0.05, 0.1) is 25.9 Å². The van der Waals surface area contributed by atoms with Crippen LogP contribution in [0.25, 0.3) is 10.4 Å². The molecular weight excluding hydrogens is 402 g/mol. The van der Waals surface area contributed by atoms with E-state index in [1.807, 2.05) is 67.6 Å². The Balaban J connectivity index is 1.69. The zero-order valence-electron chi connectivity index (χ0n) is 16.9. The van der Waals surface area contributed by atoms with Gasteiger partial charge in [-0.2, -0.15) is 0 Å². The number of thioether (sulfide) groups is 1. The molecule has 0 bridgehead atoms. The molecule has 2 aromatic rings. The maximum absolute atomic E-state index is 11.0. The van der Waals surface area contributed by atoms with Crippen molar-refractivity contribution >= 4 is 11.8 Å². The van der Waals surface area contributed by atoms with E-state index < -0.39 is 29.8 Å². The second-order valence-corrected chi connectivity index (χ2v) is 8.32. The van der Waals surface area contributed by atoms with Gasteiger partial charge < -0.3 is 19.3 Å². The fraction of sp³-hybridized carbons (Fsp3) is 0.455. The van der Waals surface area contributed by atoms with E-state index in [1.54, 1.807) is 0 Å². The van der Waals surface area contributed by atoms with E-state index in [4.69, 9.17) is 19.7 Å². The summed E-state index contributed by atoms with van der Waals surface area (Å²) in [5, 5.41) is 14.9. The average Bonchev–Trinajstić information content (AvgIpc) is 2.78. The van der Waals surface area contributed by atoms with Gasteiger partial charge in [0.25, 0.3) is 0 Å². The van der Waals surface area contributed by atoms with Crippen LogP contribution in [-0.2, 0) is 27.4 Å². The first-order valence-electron chi connectivity index (χ1n) is 9.99. The van der Waals surface area contributed by atoms with Crippen molar-refractivity contribution in [3.63, 3.8) is 0 Å². The van der Waals surface area contributed by atoms with Gasteiger partial charge >= 0.3 is 0 Å². The summed E-state index contributed by atoms with van der Waals surface area (Å²) < 4.78 is 17.9. The second kappa shape index (κ2) is 12.0. The van der Waals surface area contributed by atoms with Crippen LogP contribution in [0.3, 0.4) is 0 Å². The quantitative estimate of drug-likeness (QED) is 0.345. The van der Waals surface area contributed by atoms with E-state index >= 15 is 0 Å². The molecule has 5 atom stereocenters. The molecule has 1 heterocycles. The summed E-state index contributed by atoms with van der Waals surface area (Å²) in [6.07, 6.45) is -2.25. The normalized spacial score (nSPS) is 26.1. The first-order valence-corrected chi connectivity index (χ1v) is 11.0. The lowest BCUT2D eigenvalue weighted by atomic mass is 9.98. The average molecular weight is 430 g/mol. The number of aliphatic hydroxyl groups is 1. The molecule has 30 heavy (non-hydrogen) atoms. The standard InChI is InChI=1S/C22H27N3O4S/c1-2-30-22-19(24-25-23)21(28-14-17-11-7-4-8-12-17)20(26)18(29-22)15-27-13-16-9-5-3-6-10-16/h3-12,18-22,26H,2,13-15H2,1H3/t18-,19+,20-,21-,22+/m1/s1. The number of hydrogen-bond donors (Lipinski definition) is 1. The summed E-state index contributed by atoms with van der Waals surface area (Å²) in [5.41, 5.74) is 10.7. The summed E-state index contributed by atoms with van der Waals surface area (Å²) in [5.74, 6) is 0.779. The minimum Gasteiger partial charge on any atom is -0.388 e. The van der Waals surface area contributed by atoms with Crippen molar-refractivity contribution in [3.05, 3.63) is 82.2 Å². The molecule has 3 rings (SSSR count). The van der Waals surface area contributed by atoms with Crippen LogP contribution in [-0.4, -0.2) is 47.3 Å². The molecule has 0 amide bonds. The summed E-state index contributed by atoms with van der Waals surface area (Å²) in [6, 6.07) is 18.9. The van der Waals surface area contributed by atoms with Crippen molar-refractivity contribution in [2.75, 3.05) is 12.4 Å². The molecule has 8 heteroatoms. The van der Waals surface area contributed by atoms with Crippen LogP contribution in [0.4, 0.5) is 0 Å². The van der Waals surface area contributed by atoms with Crippen LogP contribution in [0.15, 0.2) is 65.8 Å². The molecule has 0 radical (unpaired) electrons. The molecule has 1 fully saturated rings. The van der Waals surface area contributed by atoms with Crippen molar-refractivity contribution in [1.29, 1.82) is 0 Å². The Bertz CT molecular complexity index is 805. The second-order valence-electron chi connectivity index (χ2n) is 6.95. The third-order valence-electron chi connectivity index (χ3n) is 4.84. The van der Waals surface area contributed by atoms with Gasteiger partial charge in [-0.3, -0.25) is 0 Å². The lowest BCUT2D eigenvalue weighted by Gasteiger charge is -2.42. The summed E-state index contributed by atoms with van der Waals surface area (Å²) in [4.78, 5) is 2.97. The Hall–Kier alpha value is -2.06. The van der Waals surface area contributed by atoms with Gasteiger partial charge in [0.15, 0.2) is 0 Å². The van der Waals surface area contributed by atoms with Gasteiger partial charge in [0.2, 0.25) is 0 Å². The molecule has 0 unspecified atom stereocenters. The fourth-order valence-corrected chi connectivity index (χ4v) is 4.31. The molecule has 1 aliphatic rings. The largest absolute Gasteiger partial charge is 0.388 e. The molecule has 7 nitrogen and oxygen atoms in total. The molecule has 1 N–H and O–H groups in total. The molecule has 0 spiro atoms. The van der Waals surface area contributed by atoms with Crippen LogP contribution in [0.2, 0.25) is 0 Å². The van der Waals surface area contributed by atoms with Crippen molar-refractivity contribution in [2.24, 2.45) is 5.11 Å². The van der Waals surface area contributed by atoms with E-state index in [0.717, 1.165) is 16.9 Å². The molecule has 0 aromatic heterocycles. The zero-order valence-corrected chi connectivity index (χ0v) is 17.7. The third kappa shape index (κ3) is 6.22. The molecule has 1 saturated heterocycles. The number of benzene rings is 2. The monoisotopic (exact) mass is 429 g/mol. The highest BCUT2D eigenvalue weighted by molar-refractivity contribution is 7.99. The van der Waals surface area contributed by atoms with Gasteiger partial charge in [0.1, 0.15) is 23.7 Å². The van der Waals surface area contributed by atoms with Crippen molar-refractivity contribution < 1.29 is 19.3 Å². The molecule has 0 saturated carbocycles. The Morgan fingerprint density at radius 3 is 2.30 bits per heavy atom. The smallest absolute Gasteiger partial charge is 0.114 e. The third-order valence-corrected chi connectivity index (χ3v) is 5.89. The molecule has 0 aliphatic carbocycles. The summed E-state index contributed by atoms with van der Waals surface area (Å²) in [7, 11) is 0. The van der Waals surface area contributed by atoms with Gasteiger partial charge in [-0.15, -0.1) is 11.8 Å². The number of aliphatic hydroxyl groups excluding tert-OH is 1. The minimum atomic E-state index is -0.978. The number of ether oxygens (including phenoxy) is 3.